The van der Waals surface area contributed by atoms with Gasteiger partial charge in [-0.05, 0) is 12.3 Å². The Balaban J connectivity index is 2.82. The fourth-order valence-electron chi connectivity index (χ4n) is 1.48. The van der Waals surface area contributed by atoms with Crippen LogP contribution in [0.5, 0.6) is 0 Å². The molecule has 0 fully saturated rings. The Morgan fingerprint density at radius 3 is 2.50 bits per heavy atom. The van der Waals surface area contributed by atoms with Gasteiger partial charge < -0.3 is 14.9 Å². The van der Waals surface area contributed by atoms with Crippen molar-refractivity contribution in [2.45, 2.75) is 40.2 Å². The number of carbonyl (C=O) groups is 2. The van der Waals surface area contributed by atoms with E-state index < -0.39 is 17.9 Å². The molecule has 0 aliphatic rings. The number of amides is 1. The van der Waals surface area contributed by atoms with Crippen LogP contribution in [0.15, 0.2) is 10.7 Å². The van der Waals surface area contributed by atoms with Crippen LogP contribution in [-0.2, 0) is 4.79 Å². The first kappa shape index (κ1) is 14.2. The smallest absolute Gasteiger partial charge is 0.305 e. The normalized spacial score (nSPS) is 13.1. The van der Waals surface area contributed by atoms with Gasteiger partial charge in [-0.2, -0.15) is 0 Å². The molecule has 1 heterocycles. The zero-order valence-electron chi connectivity index (χ0n) is 11.0. The van der Waals surface area contributed by atoms with Gasteiger partial charge in [0.2, 0.25) is 5.76 Å². The molecule has 1 unspecified atom stereocenters. The van der Waals surface area contributed by atoms with E-state index in [-0.39, 0.29) is 17.6 Å². The maximum absolute atomic E-state index is 11.9. The lowest BCUT2D eigenvalue weighted by atomic mass is 9.84. The summed E-state index contributed by atoms with van der Waals surface area (Å²) in [6, 6.07) is -0.480. The van der Waals surface area contributed by atoms with Gasteiger partial charge in [-0.25, -0.2) is 0 Å². The molecule has 6 heteroatoms. The summed E-state index contributed by atoms with van der Waals surface area (Å²) in [6.07, 6.45) is 1.31. The Morgan fingerprint density at radius 1 is 1.50 bits per heavy atom. The van der Waals surface area contributed by atoms with Crippen molar-refractivity contribution < 1.29 is 19.2 Å². The van der Waals surface area contributed by atoms with Crippen LogP contribution in [0.2, 0.25) is 0 Å². The summed E-state index contributed by atoms with van der Waals surface area (Å²) < 4.78 is 4.84. The third-order valence-electron chi connectivity index (χ3n) is 2.68. The molecule has 18 heavy (non-hydrogen) atoms. The second-order valence-corrected chi connectivity index (χ2v) is 5.33. The molecule has 0 aliphatic heterocycles. The summed E-state index contributed by atoms with van der Waals surface area (Å²) >= 11 is 0. The lowest BCUT2D eigenvalue weighted by molar-refractivity contribution is -0.138. The minimum atomic E-state index is -0.954. The third-order valence-corrected chi connectivity index (χ3v) is 2.68. The van der Waals surface area contributed by atoms with Crippen LogP contribution < -0.4 is 5.32 Å². The zero-order valence-corrected chi connectivity index (χ0v) is 11.0. The van der Waals surface area contributed by atoms with Crippen LogP contribution in [0.25, 0.3) is 0 Å². The first-order valence-corrected chi connectivity index (χ1v) is 5.65. The van der Waals surface area contributed by atoms with Crippen molar-refractivity contribution in [2.24, 2.45) is 5.41 Å². The fraction of sp³-hybridized carbons (Fsp3) is 0.583. The monoisotopic (exact) mass is 254 g/mol. The van der Waals surface area contributed by atoms with Crippen LogP contribution in [0.3, 0.4) is 0 Å². The van der Waals surface area contributed by atoms with E-state index in [2.05, 4.69) is 10.5 Å². The van der Waals surface area contributed by atoms with Crippen molar-refractivity contribution in [1.82, 2.24) is 10.5 Å². The highest BCUT2D eigenvalue weighted by molar-refractivity contribution is 5.93. The molecule has 1 amide bonds. The topological polar surface area (TPSA) is 92.4 Å². The molecule has 0 spiro atoms. The first-order chi connectivity index (χ1) is 8.21. The van der Waals surface area contributed by atoms with Crippen molar-refractivity contribution in [1.29, 1.82) is 0 Å². The summed E-state index contributed by atoms with van der Waals surface area (Å²) in [7, 11) is 0. The van der Waals surface area contributed by atoms with Crippen LogP contribution in [0.1, 0.15) is 43.3 Å². The number of carbonyl (C=O) groups excluding carboxylic acids is 1. The van der Waals surface area contributed by atoms with E-state index in [1.807, 2.05) is 20.8 Å². The van der Waals surface area contributed by atoms with E-state index in [1.54, 1.807) is 6.92 Å². The van der Waals surface area contributed by atoms with E-state index in [9.17, 15) is 9.59 Å². The Hall–Kier alpha value is -1.85. The van der Waals surface area contributed by atoms with Gasteiger partial charge in [-0.1, -0.05) is 25.9 Å². The lowest BCUT2D eigenvalue weighted by Gasteiger charge is -2.30. The Bertz CT molecular complexity index is 445. The van der Waals surface area contributed by atoms with E-state index in [0.29, 0.717) is 5.56 Å². The molecule has 2 N–H and O–H groups in total. The van der Waals surface area contributed by atoms with Gasteiger partial charge in [0, 0.05) is 11.6 Å². The molecule has 1 rings (SSSR count). The number of aryl methyl sites for hydroxylation is 1. The SMILES string of the molecule is Cc1cnoc1C(=O)NC(CC(=O)O)C(C)(C)C. The summed E-state index contributed by atoms with van der Waals surface area (Å²) in [6.45, 7) is 7.31. The van der Waals surface area contributed by atoms with Crippen molar-refractivity contribution in [2.75, 3.05) is 0 Å². The zero-order chi connectivity index (χ0) is 13.9. The molecule has 6 nitrogen and oxygen atoms in total. The maximum Gasteiger partial charge on any atom is 0.305 e. The van der Waals surface area contributed by atoms with Crippen LogP contribution in [0, 0.1) is 12.3 Å². The number of nitrogens with zero attached hydrogens (tertiary/aromatic N) is 1. The molecular formula is C12H18N2O4. The second kappa shape index (κ2) is 5.20. The molecule has 1 atom stereocenters. The largest absolute Gasteiger partial charge is 0.481 e. The fourth-order valence-corrected chi connectivity index (χ4v) is 1.48. The lowest BCUT2D eigenvalue weighted by Crippen LogP contribution is -2.45. The second-order valence-electron chi connectivity index (χ2n) is 5.33. The van der Waals surface area contributed by atoms with Gasteiger partial charge in [0.15, 0.2) is 0 Å². The van der Waals surface area contributed by atoms with Gasteiger partial charge >= 0.3 is 5.97 Å². The molecule has 0 bridgehead atoms. The average molecular weight is 254 g/mol. The van der Waals surface area contributed by atoms with Crippen molar-refractivity contribution in [3.8, 4) is 0 Å². The predicted octanol–water partition coefficient (Wildman–Crippen LogP) is 1.60. The number of hydrogen-bond acceptors (Lipinski definition) is 4. The summed E-state index contributed by atoms with van der Waals surface area (Å²) in [5, 5.41) is 15.1. The molecule has 0 radical (unpaired) electrons. The molecule has 100 valence electrons. The number of nitrogens with one attached hydrogen (secondary N) is 1. The number of aromatic nitrogens is 1. The Labute approximate surface area is 105 Å². The van der Waals surface area contributed by atoms with E-state index in [4.69, 9.17) is 9.63 Å². The van der Waals surface area contributed by atoms with Gasteiger partial charge in [0.25, 0.3) is 5.91 Å². The van der Waals surface area contributed by atoms with Gasteiger partial charge in [0.05, 0.1) is 12.6 Å². The van der Waals surface area contributed by atoms with Crippen LogP contribution in [0.4, 0.5) is 0 Å². The van der Waals surface area contributed by atoms with Crippen molar-refractivity contribution in [3.05, 3.63) is 17.5 Å². The molecule has 0 saturated heterocycles. The maximum atomic E-state index is 11.9. The highest BCUT2D eigenvalue weighted by atomic mass is 16.5. The van der Waals surface area contributed by atoms with E-state index >= 15 is 0 Å². The van der Waals surface area contributed by atoms with Crippen molar-refractivity contribution >= 4 is 11.9 Å². The standard InChI is InChI=1S/C12H18N2O4/c1-7-6-13-18-10(7)11(17)14-8(5-9(15)16)12(2,3)4/h6,8H,5H2,1-4H3,(H,14,17)(H,15,16). The average Bonchev–Trinajstić information content (AvgIpc) is 2.61. The molecule has 0 aromatic carbocycles. The Morgan fingerprint density at radius 2 is 2.11 bits per heavy atom. The molecule has 1 aromatic heterocycles. The van der Waals surface area contributed by atoms with Gasteiger partial charge in [-0.15, -0.1) is 0 Å². The van der Waals surface area contributed by atoms with E-state index in [1.165, 1.54) is 6.20 Å². The Kier molecular flexibility index (Phi) is 4.11. The van der Waals surface area contributed by atoms with Gasteiger partial charge in [-0.3, -0.25) is 9.59 Å². The van der Waals surface area contributed by atoms with E-state index in [0.717, 1.165) is 0 Å². The number of aliphatic carboxylic acids is 1. The summed E-state index contributed by atoms with van der Waals surface area (Å²) in [4.78, 5) is 22.7. The summed E-state index contributed by atoms with van der Waals surface area (Å²) in [5.74, 6) is -1.27. The number of carboxylic acid groups (broad SMARTS) is 1. The molecule has 0 aliphatic carbocycles. The van der Waals surface area contributed by atoms with Crippen LogP contribution in [-0.4, -0.2) is 28.2 Å². The highest BCUT2D eigenvalue weighted by Gasteiger charge is 2.30. The minimum absolute atomic E-state index is 0.120. The molecule has 1 aromatic rings. The predicted molar refractivity (Wildman–Crippen MR) is 64.2 cm³/mol. The van der Waals surface area contributed by atoms with Crippen molar-refractivity contribution in [3.63, 3.8) is 0 Å². The molecular weight excluding hydrogens is 236 g/mol. The number of carboxylic acids is 1. The first-order valence-electron chi connectivity index (χ1n) is 5.65. The quantitative estimate of drug-likeness (QED) is 0.851. The summed E-state index contributed by atoms with van der Waals surface area (Å²) in [5.41, 5.74) is 0.262. The minimum Gasteiger partial charge on any atom is -0.481 e. The number of rotatable bonds is 4. The van der Waals surface area contributed by atoms with Gasteiger partial charge in [0.1, 0.15) is 0 Å². The third kappa shape index (κ3) is 3.58. The number of hydrogen-bond donors (Lipinski definition) is 2. The molecule has 0 saturated carbocycles. The highest BCUT2D eigenvalue weighted by Crippen LogP contribution is 2.22. The van der Waals surface area contributed by atoms with Crippen LogP contribution >= 0.6 is 0 Å².